The second kappa shape index (κ2) is 4.88. The van der Waals surface area contributed by atoms with Crippen LogP contribution in [0.1, 0.15) is 18.4 Å². The Bertz CT molecular complexity index is 619. The maximum Gasteiger partial charge on any atom is 0.227 e. The number of fused-ring (bicyclic) bond motifs is 1. The normalized spacial score (nSPS) is 16.0. The molecule has 1 aromatic carbocycles. The minimum absolute atomic E-state index is 0.0686. The standard InChI is InChI=1S/C15H15NO3/c17-12-5-7-16(8-6-12)15(18)9-11-10-19-14-4-2-1-3-13(11)14/h1-4,10H,5-9H2. The molecule has 98 valence electrons. The monoisotopic (exact) mass is 257 g/mol. The predicted octanol–water partition coefficient (Wildman–Crippen LogP) is 2.17. The van der Waals surface area contributed by atoms with Gasteiger partial charge in [0.15, 0.2) is 0 Å². The molecule has 0 unspecified atom stereocenters. The number of likely N-dealkylation sites (tertiary alicyclic amines) is 1. The van der Waals surface area contributed by atoms with E-state index in [0.29, 0.717) is 32.4 Å². The van der Waals surface area contributed by atoms with E-state index in [-0.39, 0.29) is 11.7 Å². The average molecular weight is 257 g/mol. The van der Waals surface area contributed by atoms with Crippen molar-refractivity contribution in [2.75, 3.05) is 13.1 Å². The van der Waals surface area contributed by atoms with E-state index >= 15 is 0 Å². The van der Waals surface area contributed by atoms with Crippen LogP contribution >= 0.6 is 0 Å². The number of hydrogen-bond acceptors (Lipinski definition) is 3. The summed E-state index contributed by atoms with van der Waals surface area (Å²) in [5.41, 5.74) is 1.72. The Hall–Kier alpha value is -2.10. The first-order chi connectivity index (χ1) is 9.24. The first-order valence-corrected chi connectivity index (χ1v) is 6.48. The van der Waals surface area contributed by atoms with Crippen molar-refractivity contribution in [2.45, 2.75) is 19.3 Å². The molecule has 0 N–H and O–H groups in total. The lowest BCUT2D eigenvalue weighted by Crippen LogP contribution is -2.39. The van der Waals surface area contributed by atoms with Crippen LogP contribution in [0, 0.1) is 0 Å². The molecule has 2 heterocycles. The van der Waals surface area contributed by atoms with E-state index in [2.05, 4.69) is 0 Å². The molecule has 3 rings (SSSR count). The van der Waals surface area contributed by atoms with Gasteiger partial charge in [0.1, 0.15) is 11.4 Å². The molecule has 0 bridgehead atoms. The summed E-state index contributed by atoms with van der Waals surface area (Å²) in [6.07, 6.45) is 2.96. The fourth-order valence-electron chi connectivity index (χ4n) is 2.45. The van der Waals surface area contributed by atoms with Gasteiger partial charge in [-0.1, -0.05) is 18.2 Å². The van der Waals surface area contributed by atoms with E-state index in [4.69, 9.17) is 4.42 Å². The van der Waals surface area contributed by atoms with E-state index in [1.807, 2.05) is 24.3 Å². The quantitative estimate of drug-likeness (QED) is 0.828. The number of para-hydroxylation sites is 1. The number of carbonyl (C=O) groups excluding carboxylic acids is 2. The summed E-state index contributed by atoms with van der Waals surface area (Å²) in [6, 6.07) is 7.70. The van der Waals surface area contributed by atoms with Crippen LogP contribution in [0.4, 0.5) is 0 Å². The molecule has 4 heteroatoms. The molecule has 0 aliphatic carbocycles. The predicted molar refractivity (Wildman–Crippen MR) is 70.7 cm³/mol. The van der Waals surface area contributed by atoms with Crippen molar-refractivity contribution in [3.8, 4) is 0 Å². The smallest absolute Gasteiger partial charge is 0.227 e. The third kappa shape index (κ3) is 2.38. The third-order valence-electron chi connectivity index (χ3n) is 3.58. The summed E-state index contributed by atoms with van der Waals surface area (Å²) in [4.78, 5) is 25.1. The van der Waals surface area contributed by atoms with Gasteiger partial charge < -0.3 is 9.32 Å². The topological polar surface area (TPSA) is 50.5 Å². The zero-order valence-corrected chi connectivity index (χ0v) is 10.6. The number of hydrogen-bond donors (Lipinski definition) is 0. The molecule has 2 aromatic rings. The molecule has 0 radical (unpaired) electrons. The largest absolute Gasteiger partial charge is 0.464 e. The van der Waals surface area contributed by atoms with Gasteiger partial charge in [-0.3, -0.25) is 9.59 Å². The number of carbonyl (C=O) groups is 2. The van der Waals surface area contributed by atoms with E-state index < -0.39 is 0 Å². The lowest BCUT2D eigenvalue weighted by atomic mass is 10.1. The Morgan fingerprint density at radius 3 is 2.74 bits per heavy atom. The first kappa shape index (κ1) is 12.0. The number of furan rings is 1. The number of benzene rings is 1. The third-order valence-corrected chi connectivity index (χ3v) is 3.58. The van der Waals surface area contributed by atoms with Crippen LogP contribution in [0.5, 0.6) is 0 Å². The van der Waals surface area contributed by atoms with Crippen molar-refractivity contribution in [1.82, 2.24) is 4.90 Å². The summed E-state index contributed by atoms with van der Waals surface area (Å²) in [5.74, 6) is 0.317. The second-order valence-electron chi connectivity index (χ2n) is 4.85. The highest BCUT2D eigenvalue weighted by atomic mass is 16.3. The maximum absolute atomic E-state index is 12.2. The molecule has 1 aromatic heterocycles. The summed E-state index contributed by atoms with van der Waals surface area (Å²) in [6.45, 7) is 1.10. The van der Waals surface area contributed by atoms with Gasteiger partial charge in [-0.25, -0.2) is 0 Å². The molecule has 1 fully saturated rings. The van der Waals surface area contributed by atoms with Crippen molar-refractivity contribution < 1.29 is 14.0 Å². The summed E-state index contributed by atoms with van der Waals surface area (Å²) >= 11 is 0. The zero-order valence-electron chi connectivity index (χ0n) is 10.6. The van der Waals surface area contributed by atoms with Crippen LogP contribution in [-0.2, 0) is 16.0 Å². The number of amides is 1. The van der Waals surface area contributed by atoms with Crippen LogP contribution < -0.4 is 0 Å². The molecular weight excluding hydrogens is 242 g/mol. The minimum atomic E-state index is 0.0686. The Morgan fingerprint density at radius 1 is 1.21 bits per heavy atom. The molecule has 4 nitrogen and oxygen atoms in total. The van der Waals surface area contributed by atoms with Crippen LogP contribution in [0.3, 0.4) is 0 Å². The van der Waals surface area contributed by atoms with Crippen molar-refractivity contribution in [1.29, 1.82) is 0 Å². The fraction of sp³-hybridized carbons (Fsp3) is 0.333. The summed E-state index contributed by atoms with van der Waals surface area (Å²) in [5, 5.41) is 0.990. The fourth-order valence-corrected chi connectivity index (χ4v) is 2.45. The number of rotatable bonds is 2. The van der Waals surface area contributed by atoms with Crippen molar-refractivity contribution >= 4 is 22.7 Å². The average Bonchev–Trinajstić information content (AvgIpc) is 2.83. The molecule has 1 amide bonds. The number of Topliss-reactive ketones (excluding diaryl/α,β-unsaturated/α-hetero) is 1. The van der Waals surface area contributed by atoms with Crippen molar-refractivity contribution in [2.24, 2.45) is 0 Å². The molecule has 1 saturated heterocycles. The van der Waals surface area contributed by atoms with Gasteiger partial charge >= 0.3 is 0 Å². The summed E-state index contributed by atoms with van der Waals surface area (Å²) in [7, 11) is 0. The van der Waals surface area contributed by atoms with Gasteiger partial charge in [-0.2, -0.15) is 0 Å². The van der Waals surface area contributed by atoms with Gasteiger partial charge in [0.2, 0.25) is 5.91 Å². The van der Waals surface area contributed by atoms with Crippen LogP contribution in [0.2, 0.25) is 0 Å². The number of piperidine rings is 1. The highest BCUT2D eigenvalue weighted by Gasteiger charge is 2.21. The maximum atomic E-state index is 12.2. The van der Waals surface area contributed by atoms with Gasteiger partial charge in [0.05, 0.1) is 12.7 Å². The highest BCUT2D eigenvalue weighted by Crippen LogP contribution is 2.22. The van der Waals surface area contributed by atoms with Gasteiger partial charge in [0.25, 0.3) is 0 Å². The van der Waals surface area contributed by atoms with Gasteiger partial charge in [-0.05, 0) is 6.07 Å². The Kier molecular flexibility index (Phi) is 3.07. The number of ketones is 1. The molecule has 0 spiro atoms. The molecule has 19 heavy (non-hydrogen) atoms. The number of nitrogens with zero attached hydrogens (tertiary/aromatic N) is 1. The Labute approximate surface area is 111 Å². The van der Waals surface area contributed by atoms with E-state index in [1.165, 1.54) is 0 Å². The molecule has 1 aliphatic heterocycles. The van der Waals surface area contributed by atoms with Crippen LogP contribution in [-0.4, -0.2) is 29.7 Å². The lowest BCUT2D eigenvalue weighted by molar-refractivity contribution is -0.133. The second-order valence-corrected chi connectivity index (χ2v) is 4.85. The van der Waals surface area contributed by atoms with Crippen molar-refractivity contribution in [3.63, 3.8) is 0 Å². The molecule has 0 atom stereocenters. The molecule has 1 aliphatic rings. The van der Waals surface area contributed by atoms with E-state index in [9.17, 15) is 9.59 Å². The zero-order chi connectivity index (χ0) is 13.2. The van der Waals surface area contributed by atoms with Crippen molar-refractivity contribution in [3.05, 3.63) is 36.1 Å². The minimum Gasteiger partial charge on any atom is -0.464 e. The van der Waals surface area contributed by atoms with Crippen LogP contribution in [0.25, 0.3) is 11.0 Å². The molecular formula is C15H15NO3. The van der Waals surface area contributed by atoms with E-state index in [1.54, 1.807) is 11.2 Å². The molecule has 0 saturated carbocycles. The highest BCUT2D eigenvalue weighted by molar-refractivity contribution is 5.89. The lowest BCUT2D eigenvalue weighted by Gasteiger charge is -2.25. The van der Waals surface area contributed by atoms with Gasteiger partial charge in [0, 0.05) is 36.9 Å². The summed E-state index contributed by atoms with van der Waals surface area (Å²) < 4.78 is 5.43. The van der Waals surface area contributed by atoms with Gasteiger partial charge in [-0.15, -0.1) is 0 Å². The van der Waals surface area contributed by atoms with E-state index in [0.717, 1.165) is 16.5 Å². The Morgan fingerprint density at radius 2 is 1.95 bits per heavy atom. The SMILES string of the molecule is O=C1CCN(C(=O)Cc2coc3ccccc23)CC1. The Balaban J connectivity index is 1.74. The first-order valence-electron chi connectivity index (χ1n) is 6.48. The van der Waals surface area contributed by atoms with Crippen LogP contribution in [0.15, 0.2) is 34.9 Å².